The molecule has 2 aromatic rings. The summed E-state index contributed by atoms with van der Waals surface area (Å²) >= 11 is 0. The minimum Gasteiger partial charge on any atom is -0.449 e. The lowest BCUT2D eigenvalue weighted by atomic mass is 10.0. The summed E-state index contributed by atoms with van der Waals surface area (Å²) in [7, 11) is 0. The minimum atomic E-state index is -1.07. The first-order valence-corrected chi connectivity index (χ1v) is 8.37. The molecule has 0 spiro atoms. The van der Waals surface area contributed by atoms with E-state index < -0.39 is 22.9 Å². The number of hydrogen-bond donors (Lipinski definition) is 2. The molecule has 8 nitrogen and oxygen atoms in total. The number of nitrogens with zero attached hydrogens (tertiary/aromatic N) is 1. The topological polar surface area (TPSA) is 125 Å². The quantitative estimate of drug-likeness (QED) is 0.334. The molecule has 0 aliphatic rings. The minimum absolute atomic E-state index is 0.0379. The number of nitrogen functional groups attached to an aromatic ring is 1. The lowest BCUT2D eigenvalue weighted by molar-refractivity contribution is -0.384. The first-order valence-electron chi connectivity index (χ1n) is 8.37. The van der Waals surface area contributed by atoms with Gasteiger partial charge in [0.2, 0.25) is 0 Å². The second-order valence-corrected chi connectivity index (χ2v) is 6.13. The number of nitro groups is 1. The van der Waals surface area contributed by atoms with E-state index in [0.29, 0.717) is 6.54 Å². The van der Waals surface area contributed by atoms with Crippen molar-refractivity contribution in [3.8, 4) is 0 Å². The summed E-state index contributed by atoms with van der Waals surface area (Å²) in [6.45, 7) is 3.77. The Morgan fingerprint density at radius 2 is 1.85 bits per heavy atom. The van der Waals surface area contributed by atoms with Crippen LogP contribution >= 0.6 is 0 Å². The molecule has 0 aromatic heterocycles. The van der Waals surface area contributed by atoms with Gasteiger partial charge in [0.1, 0.15) is 0 Å². The maximum absolute atomic E-state index is 12.2. The van der Waals surface area contributed by atoms with Crippen molar-refractivity contribution in [2.75, 3.05) is 12.3 Å². The van der Waals surface area contributed by atoms with Crippen LogP contribution in [0.3, 0.4) is 0 Å². The molecule has 0 radical (unpaired) electrons. The monoisotopic (exact) mass is 371 g/mol. The zero-order valence-electron chi connectivity index (χ0n) is 15.0. The molecule has 8 heteroatoms. The number of hydrogen-bond acceptors (Lipinski definition) is 6. The van der Waals surface area contributed by atoms with Crippen molar-refractivity contribution in [2.45, 2.75) is 25.9 Å². The Balaban J connectivity index is 1.95. The maximum Gasteiger partial charge on any atom is 0.341 e. The molecule has 27 heavy (non-hydrogen) atoms. The van der Waals surface area contributed by atoms with Crippen molar-refractivity contribution in [2.24, 2.45) is 0 Å². The molecule has 0 aliphatic heterocycles. The van der Waals surface area contributed by atoms with E-state index in [1.807, 2.05) is 37.3 Å². The summed E-state index contributed by atoms with van der Waals surface area (Å²) < 4.78 is 5.10. The Morgan fingerprint density at radius 1 is 1.19 bits per heavy atom. The molecule has 0 bridgehead atoms. The molecule has 1 amide bonds. The van der Waals surface area contributed by atoms with Gasteiger partial charge in [-0.25, -0.2) is 4.79 Å². The molecular formula is C19H21N3O5. The highest BCUT2D eigenvalue weighted by atomic mass is 16.6. The fourth-order valence-electron chi connectivity index (χ4n) is 2.41. The van der Waals surface area contributed by atoms with Crippen LogP contribution in [0.25, 0.3) is 0 Å². The number of anilines is 1. The number of rotatable bonds is 7. The number of esters is 1. The van der Waals surface area contributed by atoms with Gasteiger partial charge in [0.25, 0.3) is 11.6 Å². The Morgan fingerprint density at radius 3 is 2.48 bits per heavy atom. The van der Waals surface area contributed by atoms with E-state index in [-0.39, 0.29) is 22.9 Å². The standard InChI is InChI=1S/C19H21N3O5/c1-12(14-6-4-3-5-7-14)11-21-18(23)13(2)27-19(24)16-10-15(22(25)26)8-9-17(16)20/h3-10,12-13H,11,20H2,1-2H3,(H,21,23)/t12-,13+/m1/s1. The van der Waals surface area contributed by atoms with Gasteiger partial charge in [-0.15, -0.1) is 0 Å². The van der Waals surface area contributed by atoms with Crippen LogP contribution in [0.1, 0.15) is 35.7 Å². The molecule has 0 saturated heterocycles. The van der Waals surface area contributed by atoms with Crippen molar-refractivity contribution in [1.29, 1.82) is 0 Å². The third-order valence-electron chi connectivity index (χ3n) is 4.07. The molecule has 0 fully saturated rings. The predicted octanol–water partition coefficient (Wildman–Crippen LogP) is 2.64. The third-order valence-corrected chi connectivity index (χ3v) is 4.07. The second kappa shape index (κ2) is 8.79. The van der Waals surface area contributed by atoms with Crippen LogP contribution < -0.4 is 11.1 Å². The molecule has 0 aliphatic carbocycles. The summed E-state index contributed by atoms with van der Waals surface area (Å²) in [4.78, 5) is 34.6. The molecule has 2 atom stereocenters. The predicted molar refractivity (Wildman–Crippen MR) is 100 cm³/mol. The fourth-order valence-corrected chi connectivity index (χ4v) is 2.41. The summed E-state index contributed by atoms with van der Waals surface area (Å²) in [5, 5.41) is 13.6. The largest absolute Gasteiger partial charge is 0.449 e. The lowest BCUT2D eigenvalue weighted by Gasteiger charge is -2.17. The van der Waals surface area contributed by atoms with Gasteiger partial charge in [-0.05, 0) is 24.5 Å². The number of benzene rings is 2. The summed E-state index contributed by atoms with van der Waals surface area (Å²) in [6, 6.07) is 13.1. The highest BCUT2D eigenvalue weighted by Gasteiger charge is 2.22. The number of carbonyl (C=O) groups excluding carboxylic acids is 2. The van der Waals surface area contributed by atoms with Crippen molar-refractivity contribution in [1.82, 2.24) is 5.32 Å². The first kappa shape index (κ1) is 19.9. The summed E-state index contributed by atoms with van der Waals surface area (Å²) in [5.74, 6) is -1.27. The molecule has 0 heterocycles. The van der Waals surface area contributed by atoms with E-state index in [1.54, 1.807) is 0 Å². The Labute approximate surface area is 156 Å². The number of nitrogens with two attached hydrogens (primary N) is 1. The van der Waals surface area contributed by atoms with Gasteiger partial charge in [-0.2, -0.15) is 0 Å². The van der Waals surface area contributed by atoms with Crippen LogP contribution in [-0.4, -0.2) is 29.4 Å². The van der Waals surface area contributed by atoms with Crippen molar-refractivity contribution in [3.63, 3.8) is 0 Å². The van der Waals surface area contributed by atoms with Crippen molar-refractivity contribution in [3.05, 3.63) is 69.8 Å². The van der Waals surface area contributed by atoms with Gasteiger partial charge in [-0.1, -0.05) is 37.3 Å². The van der Waals surface area contributed by atoms with Crippen molar-refractivity contribution >= 4 is 23.3 Å². The highest BCUT2D eigenvalue weighted by molar-refractivity contribution is 5.97. The molecule has 0 unspecified atom stereocenters. The van der Waals surface area contributed by atoms with Gasteiger partial charge < -0.3 is 15.8 Å². The maximum atomic E-state index is 12.2. The summed E-state index contributed by atoms with van der Waals surface area (Å²) in [5.41, 5.74) is 6.36. The SMILES string of the molecule is C[C@H](OC(=O)c1cc([N+](=O)[O-])ccc1N)C(=O)NC[C@@H](C)c1ccccc1. The van der Waals surface area contributed by atoms with E-state index in [9.17, 15) is 19.7 Å². The highest BCUT2D eigenvalue weighted by Crippen LogP contribution is 2.21. The summed E-state index contributed by atoms with van der Waals surface area (Å²) in [6.07, 6.45) is -1.07. The number of nitrogens with one attached hydrogen (secondary N) is 1. The molecule has 3 N–H and O–H groups in total. The molecule has 142 valence electrons. The van der Waals surface area contributed by atoms with Crippen molar-refractivity contribution < 1.29 is 19.2 Å². The van der Waals surface area contributed by atoms with Gasteiger partial charge in [0.15, 0.2) is 6.10 Å². The van der Waals surface area contributed by atoms with E-state index in [2.05, 4.69) is 5.32 Å². The number of nitro benzene ring substituents is 1. The number of non-ortho nitro benzene ring substituents is 1. The fraction of sp³-hybridized carbons (Fsp3) is 0.263. The first-order chi connectivity index (χ1) is 12.8. The van der Waals surface area contributed by atoms with Crippen LogP contribution in [-0.2, 0) is 9.53 Å². The van der Waals surface area contributed by atoms with E-state index >= 15 is 0 Å². The molecule has 2 aromatic carbocycles. The molecule has 2 rings (SSSR count). The number of ether oxygens (including phenoxy) is 1. The lowest BCUT2D eigenvalue weighted by Crippen LogP contribution is -2.37. The average Bonchev–Trinajstić information content (AvgIpc) is 2.66. The Kier molecular flexibility index (Phi) is 6.48. The van der Waals surface area contributed by atoms with Gasteiger partial charge in [0.05, 0.1) is 10.5 Å². The van der Waals surface area contributed by atoms with Gasteiger partial charge in [-0.3, -0.25) is 14.9 Å². The Bertz CT molecular complexity index is 838. The van der Waals surface area contributed by atoms with E-state index in [4.69, 9.17) is 10.5 Å². The van der Waals surface area contributed by atoms with Crippen LogP contribution in [0.2, 0.25) is 0 Å². The molecular weight excluding hydrogens is 350 g/mol. The van der Waals surface area contributed by atoms with Crippen LogP contribution in [0.5, 0.6) is 0 Å². The average molecular weight is 371 g/mol. The number of amides is 1. The zero-order chi connectivity index (χ0) is 20.0. The van der Waals surface area contributed by atoms with Crippen LogP contribution in [0.15, 0.2) is 48.5 Å². The Hall–Kier alpha value is -3.42. The van der Waals surface area contributed by atoms with Crippen LogP contribution in [0, 0.1) is 10.1 Å². The van der Waals surface area contributed by atoms with E-state index in [1.165, 1.54) is 19.1 Å². The normalized spacial score (nSPS) is 12.7. The van der Waals surface area contributed by atoms with Gasteiger partial charge >= 0.3 is 5.97 Å². The molecule has 0 saturated carbocycles. The third kappa shape index (κ3) is 5.27. The van der Waals surface area contributed by atoms with E-state index in [0.717, 1.165) is 11.6 Å². The second-order valence-electron chi connectivity index (χ2n) is 6.13. The smallest absolute Gasteiger partial charge is 0.341 e. The zero-order valence-corrected chi connectivity index (χ0v) is 15.0. The van der Waals surface area contributed by atoms with Crippen LogP contribution in [0.4, 0.5) is 11.4 Å². The van der Waals surface area contributed by atoms with Gasteiger partial charge in [0, 0.05) is 24.4 Å². The number of carbonyl (C=O) groups is 2.